The van der Waals surface area contributed by atoms with Gasteiger partial charge in [0, 0.05) is 11.1 Å². The fraction of sp³-hybridized carbons (Fsp3) is 0.568. The first-order chi connectivity index (χ1) is 21.4. The van der Waals surface area contributed by atoms with Gasteiger partial charge >= 0.3 is 5.97 Å². The summed E-state index contributed by atoms with van der Waals surface area (Å²) in [4.78, 5) is 26.1. The monoisotopic (exact) mass is 636 g/mol. The van der Waals surface area contributed by atoms with E-state index in [4.69, 9.17) is 18.9 Å². The van der Waals surface area contributed by atoms with Gasteiger partial charge in [0.2, 0.25) is 0 Å². The molecule has 9 heteroatoms. The third kappa shape index (κ3) is 6.29. The van der Waals surface area contributed by atoms with E-state index in [1.165, 1.54) is 12.5 Å². The number of epoxide rings is 1. The van der Waals surface area contributed by atoms with Gasteiger partial charge in [0.1, 0.15) is 46.7 Å². The van der Waals surface area contributed by atoms with Crippen LogP contribution in [-0.2, 0) is 14.3 Å². The predicted molar refractivity (Wildman–Crippen MR) is 174 cm³/mol. The van der Waals surface area contributed by atoms with Crippen molar-refractivity contribution in [3.05, 3.63) is 57.7 Å². The van der Waals surface area contributed by atoms with Crippen molar-refractivity contribution in [1.82, 2.24) is 0 Å². The van der Waals surface area contributed by atoms with Crippen LogP contribution in [0.25, 0.3) is 6.08 Å². The third-order valence-electron chi connectivity index (χ3n) is 9.93. The van der Waals surface area contributed by atoms with Gasteiger partial charge in [-0.05, 0) is 99.1 Å². The molecule has 6 atom stereocenters. The topological polar surface area (TPSA) is 135 Å². The second-order valence-electron chi connectivity index (χ2n) is 14.7. The standard InChI is InChI=1S/C37H48O9/c1-19(2)11-10-17-37(9)18-16-23-28(39)25-27(38)22-14-13-21(4)35(5,6)44-24(15-12-20(3)34(41)42)30(22)43-32(25)26(31(23)45-37)29(40)33-36(7,8)46-33/h11-12,14,16,18,21,24,29-30,33,39-40H,10,13,15,17H2,1-9H3,(H,41,42)/b20-12-,22-14-/t21?,24?,29?,30?,33?,37-/m1/s1. The van der Waals surface area contributed by atoms with Gasteiger partial charge in [0.05, 0.1) is 22.3 Å². The molecule has 0 spiro atoms. The van der Waals surface area contributed by atoms with E-state index in [-0.39, 0.29) is 46.3 Å². The van der Waals surface area contributed by atoms with Gasteiger partial charge in [-0.2, -0.15) is 0 Å². The molecule has 4 heterocycles. The van der Waals surface area contributed by atoms with Crippen LogP contribution in [0.5, 0.6) is 17.2 Å². The molecule has 0 aromatic heterocycles. The Labute approximate surface area is 271 Å². The van der Waals surface area contributed by atoms with E-state index >= 15 is 0 Å². The number of ether oxygens (including phenoxy) is 4. The molecule has 3 N–H and O–H groups in total. The fourth-order valence-corrected chi connectivity index (χ4v) is 6.45. The number of hydrogen-bond donors (Lipinski definition) is 3. The number of aliphatic hydroxyl groups is 1. The zero-order valence-electron chi connectivity index (χ0n) is 28.4. The summed E-state index contributed by atoms with van der Waals surface area (Å²) in [6.45, 7) is 17.2. The van der Waals surface area contributed by atoms with Gasteiger partial charge in [-0.15, -0.1) is 0 Å². The number of allylic oxidation sites excluding steroid dienone is 3. The van der Waals surface area contributed by atoms with Crippen LogP contribution in [0.1, 0.15) is 116 Å². The van der Waals surface area contributed by atoms with Crippen LogP contribution in [0.15, 0.2) is 41.0 Å². The molecule has 5 rings (SSSR count). The Bertz CT molecular complexity index is 1550. The maximum Gasteiger partial charge on any atom is 0.330 e. The summed E-state index contributed by atoms with van der Waals surface area (Å²) in [6, 6.07) is 0. The number of benzene rings is 1. The number of phenols is 1. The smallest absolute Gasteiger partial charge is 0.330 e. The minimum Gasteiger partial charge on any atom is -0.506 e. The molecule has 1 fully saturated rings. The number of rotatable bonds is 8. The SMILES string of the molecule is CC(C)=CCC[C@]1(C)C=Cc2c(O)c3c(c(C(O)C4OC4(C)C)c2O1)OC1/C(=C\CC(C)C(C)(C)OC1C/C=C(/C)C(=O)O)C3=O. The van der Waals surface area contributed by atoms with E-state index < -0.39 is 53.0 Å². The average Bonchev–Trinajstić information content (AvgIpc) is 3.60. The molecule has 250 valence electrons. The van der Waals surface area contributed by atoms with Crippen LogP contribution < -0.4 is 9.47 Å². The molecule has 0 aliphatic carbocycles. The van der Waals surface area contributed by atoms with Crippen molar-refractivity contribution in [3.63, 3.8) is 0 Å². The molecule has 1 aromatic carbocycles. The van der Waals surface area contributed by atoms with Crippen LogP contribution in [0.4, 0.5) is 0 Å². The van der Waals surface area contributed by atoms with Crippen LogP contribution in [0, 0.1) is 5.92 Å². The Balaban J connectivity index is 1.69. The van der Waals surface area contributed by atoms with Gasteiger partial charge in [-0.25, -0.2) is 4.79 Å². The lowest BCUT2D eigenvalue weighted by Gasteiger charge is -2.43. The highest BCUT2D eigenvalue weighted by Gasteiger charge is 2.56. The van der Waals surface area contributed by atoms with Crippen molar-refractivity contribution in [2.45, 2.75) is 129 Å². The van der Waals surface area contributed by atoms with E-state index in [9.17, 15) is 24.9 Å². The fourth-order valence-electron chi connectivity index (χ4n) is 6.45. The number of fused-ring (bicyclic) bond motifs is 3. The Morgan fingerprint density at radius 1 is 1.07 bits per heavy atom. The van der Waals surface area contributed by atoms with Gasteiger partial charge in [-0.3, -0.25) is 4.79 Å². The number of carboxylic acids is 1. The highest BCUT2D eigenvalue weighted by Crippen LogP contribution is 2.56. The second kappa shape index (κ2) is 12.0. The first-order valence-corrected chi connectivity index (χ1v) is 16.2. The Kier molecular flexibility index (Phi) is 8.85. The van der Waals surface area contributed by atoms with Crippen LogP contribution >= 0.6 is 0 Å². The second-order valence-corrected chi connectivity index (χ2v) is 14.7. The van der Waals surface area contributed by atoms with Gasteiger partial charge < -0.3 is 34.3 Å². The van der Waals surface area contributed by atoms with Crippen molar-refractivity contribution >= 4 is 17.8 Å². The van der Waals surface area contributed by atoms with Crippen LogP contribution in [0.3, 0.4) is 0 Å². The van der Waals surface area contributed by atoms with E-state index in [1.807, 2.05) is 67.5 Å². The number of carbonyl (C=O) groups excluding carboxylic acids is 1. The van der Waals surface area contributed by atoms with E-state index in [0.29, 0.717) is 24.0 Å². The molecule has 1 saturated heterocycles. The Morgan fingerprint density at radius 2 is 1.74 bits per heavy atom. The summed E-state index contributed by atoms with van der Waals surface area (Å²) < 4.78 is 25.9. The molecule has 1 aromatic rings. The highest BCUT2D eigenvalue weighted by molar-refractivity contribution is 6.15. The maximum absolute atomic E-state index is 14.4. The zero-order chi connectivity index (χ0) is 33.9. The number of Topliss-reactive ketones (excluding diaryl/α,β-unsaturated/α-hetero) is 1. The average molecular weight is 637 g/mol. The maximum atomic E-state index is 14.4. The van der Waals surface area contributed by atoms with Gasteiger partial charge in [0.15, 0.2) is 11.9 Å². The molecule has 5 unspecified atom stereocenters. The number of phenolic OH excluding ortho intramolecular Hbond substituents is 1. The van der Waals surface area contributed by atoms with Gasteiger partial charge in [-0.1, -0.05) is 30.7 Å². The zero-order valence-corrected chi connectivity index (χ0v) is 28.4. The normalized spacial score (nSPS) is 31.0. The molecule has 4 aliphatic rings. The molecule has 4 aliphatic heterocycles. The van der Waals surface area contributed by atoms with Crippen LogP contribution in [-0.4, -0.2) is 62.2 Å². The minimum absolute atomic E-state index is 0.0197. The lowest BCUT2D eigenvalue weighted by atomic mass is 9.80. The molecular weight excluding hydrogens is 588 g/mol. The summed E-state index contributed by atoms with van der Waals surface area (Å²) in [5, 5.41) is 33.1. The first kappa shape index (κ1) is 33.9. The Morgan fingerprint density at radius 3 is 2.35 bits per heavy atom. The van der Waals surface area contributed by atoms with Crippen LogP contribution in [0.2, 0.25) is 0 Å². The molecule has 0 saturated carbocycles. The highest BCUT2D eigenvalue weighted by atomic mass is 16.6. The number of carbonyl (C=O) groups is 2. The molecular formula is C37H48O9. The van der Waals surface area contributed by atoms with Crippen molar-refractivity contribution in [3.8, 4) is 17.2 Å². The van der Waals surface area contributed by atoms with Gasteiger partial charge in [0.25, 0.3) is 0 Å². The molecule has 46 heavy (non-hydrogen) atoms. The van der Waals surface area contributed by atoms with Crippen molar-refractivity contribution in [2.24, 2.45) is 5.92 Å². The molecule has 0 bridgehead atoms. The summed E-state index contributed by atoms with van der Waals surface area (Å²) in [7, 11) is 0. The molecule has 0 amide bonds. The van der Waals surface area contributed by atoms with Crippen molar-refractivity contribution in [1.29, 1.82) is 0 Å². The molecule has 0 radical (unpaired) electrons. The third-order valence-corrected chi connectivity index (χ3v) is 9.93. The number of aliphatic hydroxyl groups excluding tert-OH is 1. The summed E-state index contributed by atoms with van der Waals surface area (Å²) in [5.74, 6) is -1.46. The summed E-state index contributed by atoms with van der Waals surface area (Å²) in [5.41, 5.74) is 0.157. The number of hydrogen-bond acceptors (Lipinski definition) is 8. The van der Waals surface area contributed by atoms with Crippen molar-refractivity contribution in [2.75, 3.05) is 0 Å². The quantitative estimate of drug-likeness (QED) is 0.156. The summed E-state index contributed by atoms with van der Waals surface area (Å²) >= 11 is 0. The minimum atomic E-state index is -1.23. The van der Waals surface area contributed by atoms with Crippen molar-refractivity contribution < 1.29 is 43.9 Å². The lowest BCUT2D eigenvalue weighted by molar-refractivity contribution is -0.133. The summed E-state index contributed by atoms with van der Waals surface area (Å²) in [6.07, 6.45) is 7.75. The number of ketones is 1. The predicted octanol–water partition coefficient (Wildman–Crippen LogP) is 7.01. The van der Waals surface area contributed by atoms with E-state index in [1.54, 1.807) is 12.2 Å². The Hall–Kier alpha value is -3.40. The largest absolute Gasteiger partial charge is 0.506 e. The molecule has 9 nitrogen and oxygen atoms in total. The lowest BCUT2D eigenvalue weighted by Crippen LogP contribution is -2.48. The first-order valence-electron chi connectivity index (χ1n) is 16.2. The number of carboxylic acid groups (broad SMARTS) is 1. The van der Waals surface area contributed by atoms with E-state index in [0.717, 1.165) is 6.42 Å². The number of aliphatic carboxylic acids is 1. The number of aromatic hydroxyl groups is 1. The van der Waals surface area contributed by atoms with E-state index in [2.05, 4.69) is 6.08 Å².